The lowest BCUT2D eigenvalue weighted by Gasteiger charge is -2.37. The number of fused-ring (bicyclic) bond motifs is 1. The first kappa shape index (κ1) is 19.5. The molecule has 1 saturated heterocycles. The van der Waals surface area contributed by atoms with Gasteiger partial charge in [0, 0.05) is 55.3 Å². The highest BCUT2D eigenvalue weighted by atomic mass is 32.2. The van der Waals surface area contributed by atoms with Gasteiger partial charge < -0.3 is 9.80 Å². The number of anilines is 2. The predicted molar refractivity (Wildman–Crippen MR) is 121 cm³/mol. The van der Waals surface area contributed by atoms with Crippen molar-refractivity contribution in [1.29, 1.82) is 0 Å². The second-order valence-corrected chi connectivity index (χ2v) is 9.67. The normalized spacial score (nSPS) is 14.9. The van der Waals surface area contributed by atoms with Crippen LogP contribution >= 0.6 is 0 Å². The molecule has 8 nitrogen and oxygen atoms in total. The highest BCUT2D eigenvalue weighted by Crippen LogP contribution is 2.29. The van der Waals surface area contributed by atoms with Crippen molar-refractivity contribution in [3.8, 4) is 11.1 Å². The Bertz CT molecular complexity index is 1310. The van der Waals surface area contributed by atoms with E-state index in [0.29, 0.717) is 4.90 Å². The zero-order valence-electron chi connectivity index (χ0n) is 17.1. The van der Waals surface area contributed by atoms with Crippen LogP contribution in [0.3, 0.4) is 0 Å². The summed E-state index contributed by atoms with van der Waals surface area (Å²) in [5, 5.41) is 7.92. The number of sulfone groups is 1. The molecule has 0 unspecified atom stereocenters. The van der Waals surface area contributed by atoms with Crippen molar-refractivity contribution in [2.24, 2.45) is 0 Å². The molecule has 31 heavy (non-hydrogen) atoms. The summed E-state index contributed by atoms with van der Waals surface area (Å²) in [7, 11) is -3.18. The molecule has 0 amide bonds. The lowest BCUT2D eigenvalue weighted by Crippen LogP contribution is -2.46. The molecule has 0 aliphatic carbocycles. The van der Waals surface area contributed by atoms with Gasteiger partial charge in [0.05, 0.1) is 16.6 Å². The van der Waals surface area contributed by atoms with Crippen molar-refractivity contribution >= 4 is 32.2 Å². The summed E-state index contributed by atoms with van der Waals surface area (Å²) in [5.41, 5.74) is 4.04. The fraction of sp³-hybridized carbons (Fsp3) is 0.227. The number of aromatic amines is 1. The van der Waals surface area contributed by atoms with Gasteiger partial charge in [-0.1, -0.05) is 6.07 Å². The molecule has 1 aliphatic rings. The van der Waals surface area contributed by atoms with Gasteiger partial charge in [-0.15, -0.1) is 0 Å². The molecule has 3 heterocycles. The van der Waals surface area contributed by atoms with E-state index in [1.54, 1.807) is 24.7 Å². The Morgan fingerprint density at radius 3 is 2.32 bits per heavy atom. The number of hydrogen-bond donors (Lipinski definition) is 1. The summed E-state index contributed by atoms with van der Waals surface area (Å²) in [6, 6.07) is 13.3. The smallest absolute Gasteiger partial charge is 0.175 e. The van der Waals surface area contributed by atoms with Crippen molar-refractivity contribution in [2.45, 2.75) is 4.90 Å². The molecule has 1 fully saturated rings. The molecular weight excluding hydrogens is 412 g/mol. The number of H-pyrrole nitrogens is 1. The lowest BCUT2D eigenvalue weighted by atomic mass is 10.1. The summed E-state index contributed by atoms with van der Waals surface area (Å²) in [6.45, 7) is 3.28. The number of piperazine rings is 1. The van der Waals surface area contributed by atoms with E-state index in [0.717, 1.165) is 59.7 Å². The van der Waals surface area contributed by atoms with Crippen LogP contribution in [0.2, 0.25) is 0 Å². The van der Waals surface area contributed by atoms with Gasteiger partial charge >= 0.3 is 0 Å². The Hall–Kier alpha value is -3.46. The minimum absolute atomic E-state index is 0.343. The Balaban J connectivity index is 1.37. The number of aromatic nitrogens is 4. The number of nitrogens with zero attached hydrogens (tertiary/aromatic N) is 5. The van der Waals surface area contributed by atoms with E-state index >= 15 is 0 Å². The van der Waals surface area contributed by atoms with Crippen molar-refractivity contribution in [3.05, 3.63) is 61.2 Å². The molecular formula is C22H22N6O2S. The number of hydrogen-bond acceptors (Lipinski definition) is 7. The minimum atomic E-state index is -3.18. The molecule has 0 atom stereocenters. The highest BCUT2D eigenvalue weighted by molar-refractivity contribution is 7.90. The molecule has 0 bridgehead atoms. The van der Waals surface area contributed by atoms with Crippen LogP contribution in [0.25, 0.3) is 22.0 Å². The largest absolute Gasteiger partial charge is 0.368 e. The van der Waals surface area contributed by atoms with Gasteiger partial charge in [0.2, 0.25) is 0 Å². The van der Waals surface area contributed by atoms with Gasteiger partial charge in [0.25, 0.3) is 0 Å². The van der Waals surface area contributed by atoms with Crippen molar-refractivity contribution in [2.75, 3.05) is 42.2 Å². The lowest BCUT2D eigenvalue weighted by molar-refractivity contribution is 0.602. The minimum Gasteiger partial charge on any atom is -0.368 e. The number of benzene rings is 2. The monoisotopic (exact) mass is 434 g/mol. The predicted octanol–water partition coefficient (Wildman–Crippen LogP) is 2.75. The van der Waals surface area contributed by atoms with Crippen LogP contribution in [0.15, 0.2) is 66.1 Å². The average molecular weight is 435 g/mol. The van der Waals surface area contributed by atoms with E-state index in [2.05, 4.69) is 36.0 Å². The third kappa shape index (κ3) is 3.84. The summed E-state index contributed by atoms with van der Waals surface area (Å²) in [4.78, 5) is 13.9. The van der Waals surface area contributed by atoms with Crippen molar-refractivity contribution in [3.63, 3.8) is 0 Å². The van der Waals surface area contributed by atoms with Gasteiger partial charge in [-0.3, -0.25) is 5.10 Å². The highest BCUT2D eigenvalue weighted by Gasteiger charge is 2.21. The summed E-state index contributed by atoms with van der Waals surface area (Å²) in [5.74, 6) is 0.933. The number of rotatable bonds is 4. The second-order valence-electron chi connectivity index (χ2n) is 7.66. The first-order valence-corrected chi connectivity index (χ1v) is 11.9. The molecule has 0 saturated carbocycles. The van der Waals surface area contributed by atoms with E-state index < -0.39 is 9.84 Å². The van der Waals surface area contributed by atoms with E-state index in [1.807, 2.05) is 30.5 Å². The molecule has 9 heteroatoms. The first-order chi connectivity index (χ1) is 15.0. The zero-order valence-corrected chi connectivity index (χ0v) is 17.9. The van der Waals surface area contributed by atoms with E-state index in [9.17, 15) is 8.42 Å². The Morgan fingerprint density at radius 1 is 0.903 bits per heavy atom. The molecule has 4 aromatic rings. The Labute approximate surface area is 180 Å². The molecule has 2 aromatic heterocycles. The molecule has 0 spiro atoms. The topological polar surface area (TPSA) is 95.1 Å². The Morgan fingerprint density at radius 2 is 1.65 bits per heavy atom. The first-order valence-electron chi connectivity index (χ1n) is 10.0. The third-order valence-corrected chi connectivity index (χ3v) is 6.78. The average Bonchev–Trinajstić information content (AvgIpc) is 3.33. The van der Waals surface area contributed by atoms with Gasteiger partial charge in [0.15, 0.2) is 9.84 Å². The van der Waals surface area contributed by atoms with Crippen LogP contribution in [0.1, 0.15) is 0 Å². The summed E-state index contributed by atoms with van der Waals surface area (Å²) in [6.07, 6.45) is 6.52. The van der Waals surface area contributed by atoms with E-state index in [1.165, 1.54) is 6.26 Å². The maximum Gasteiger partial charge on any atom is 0.175 e. The van der Waals surface area contributed by atoms with Crippen molar-refractivity contribution < 1.29 is 8.42 Å². The fourth-order valence-corrected chi connectivity index (χ4v) is 4.59. The van der Waals surface area contributed by atoms with Gasteiger partial charge in [-0.05, 0) is 42.0 Å². The summed E-state index contributed by atoms with van der Waals surface area (Å²) < 4.78 is 23.4. The van der Waals surface area contributed by atoms with Crippen LogP contribution in [-0.4, -0.2) is 61.0 Å². The van der Waals surface area contributed by atoms with E-state index in [4.69, 9.17) is 0 Å². The van der Waals surface area contributed by atoms with Crippen LogP contribution in [0.5, 0.6) is 0 Å². The van der Waals surface area contributed by atoms with Crippen LogP contribution < -0.4 is 9.80 Å². The SMILES string of the molecule is CS(=O)(=O)c1ccc(N2CCN(c3ncnc4ccc(-c5cn[nH]c5)cc34)CC2)cc1. The molecule has 1 N–H and O–H groups in total. The molecule has 2 aromatic carbocycles. The fourth-order valence-electron chi connectivity index (χ4n) is 3.96. The Kier molecular flexibility index (Phi) is 4.82. The molecule has 158 valence electrons. The van der Waals surface area contributed by atoms with Crippen LogP contribution in [-0.2, 0) is 9.84 Å². The van der Waals surface area contributed by atoms with Gasteiger partial charge in [-0.2, -0.15) is 5.10 Å². The van der Waals surface area contributed by atoms with Gasteiger partial charge in [-0.25, -0.2) is 18.4 Å². The number of nitrogens with one attached hydrogen (secondary N) is 1. The zero-order chi connectivity index (χ0) is 21.4. The van der Waals surface area contributed by atoms with Crippen LogP contribution in [0, 0.1) is 0 Å². The maximum atomic E-state index is 11.7. The maximum absolute atomic E-state index is 11.7. The second kappa shape index (κ2) is 7.66. The molecule has 0 radical (unpaired) electrons. The molecule has 1 aliphatic heterocycles. The standard InChI is InChI=1S/C22H22N6O2S/c1-31(29,30)19-5-3-18(4-6-19)27-8-10-28(11-9-27)22-20-12-16(17-13-25-26-14-17)2-7-21(20)23-15-24-22/h2-7,12-15H,8-11H2,1H3,(H,25,26). The molecule has 5 rings (SSSR count). The third-order valence-electron chi connectivity index (χ3n) is 5.66. The van der Waals surface area contributed by atoms with Crippen LogP contribution in [0.4, 0.5) is 11.5 Å². The summed E-state index contributed by atoms with van der Waals surface area (Å²) >= 11 is 0. The van der Waals surface area contributed by atoms with E-state index in [-0.39, 0.29) is 0 Å². The van der Waals surface area contributed by atoms with Crippen molar-refractivity contribution in [1.82, 2.24) is 20.2 Å². The van der Waals surface area contributed by atoms with Gasteiger partial charge in [0.1, 0.15) is 12.1 Å². The quantitative estimate of drug-likeness (QED) is 0.528.